The van der Waals surface area contributed by atoms with E-state index in [1.165, 1.54) is 0 Å². The Morgan fingerprint density at radius 2 is 2.06 bits per heavy atom. The lowest BCUT2D eigenvalue weighted by Crippen LogP contribution is -2.28. The van der Waals surface area contributed by atoms with E-state index in [4.69, 9.17) is 0 Å². The topological polar surface area (TPSA) is 15.6 Å². The van der Waals surface area contributed by atoms with Crippen molar-refractivity contribution in [2.75, 3.05) is 20.1 Å². The summed E-state index contributed by atoms with van der Waals surface area (Å²) in [5.74, 6) is 0. The normalized spacial score (nSPS) is 15.8. The summed E-state index contributed by atoms with van der Waals surface area (Å²) in [6.45, 7) is 12.2. The van der Waals surface area contributed by atoms with Crippen LogP contribution in [0.4, 0.5) is 0 Å². The quantitative estimate of drug-likeness (QED) is 0.321. The molecule has 0 aromatic rings. The van der Waals surface area contributed by atoms with Gasteiger partial charge in [-0.25, -0.2) is 0 Å². The lowest BCUT2D eigenvalue weighted by molar-refractivity contribution is 0.429. The average Bonchev–Trinajstić information content (AvgIpc) is 2.20. The van der Waals surface area contributed by atoms with Gasteiger partial charge in [-0.1, -0.05) is 36.1 Å². The predicted octanol–water partition coefficient (Wildman–Crippen LogP) is 3.42. The third-order valence-corrected chi connectivity index (χ3v) is 3.21. The van der Waals surface area contributed by atoms with Crippen molar-refractivity contribution in [2.45, 2.75) is 36.4 Å². The smallest absolute Gasteiger partial charge is 0.0699 e. The van der Waals surface area contributed by atoms with Crippen LogP contribution in [-0.4, -0.2) is 39.9 Å². The van der Waals surface area contributed by atoms with Gasteiger partial charge in [0.1, 0.15) is 0 Å². The summed E-state index contributed by atoms with van der Waals surface area (Å²) in [7, 11) is 2.07. The molecule has 0 spiro atoms. The van der Waals surface area contributed by atoms with Gasteiger partial charge in [0.15, 0.2) is 0 Å². The first-order chi connectivity index (χ1) is 7.40. The van der Waals surface area contributed by atoms with E-state index in [9.17, 15) is 0 Å². The summed E-state index contributed by atoms with van der Waals surface area (Å²) in [6.07, 6.45) is 1.16. The van der Waals surface area contributed by atoms with Crippen LogP contribution in [-0.2, 0) is 0 Å². The number of hydrogen-bond donors (Lipinski definition) is 1. The van der Waals surface area contributed by atoms with Crippen LogP contribution in [0.5, 0.6) is 0 Å². The minimum Gasteiger partial charge on any atom is -0.374 e. The minimum absolute atomic E-state index is 0.145. The van der Waals surface area contributed by atoms with Crippen molar-refractivity contribution in [1.82, 2.24) is 4.90 Å². The number of allylic oxidation sites excluding steroid dienone is 1. The van der Waals surface area contributed by atoms with Gasteiger partial charge in [0.25, 0.3) is 0 Å². The van der Waals surface area contributed by atoms with E-state index < -0.39 is 0 Å². The number of alkyl halides is 1. The molecule has 4 heteroatoms. The summed E-state index contributed by atoms with van der Waals surface area (Å²) in [6, 6.07) is 0. The second-order valence-corrected chi connectivity index (χ2v) is 6.87. The first-order valence-electron chi connectivity index (χ1n) is 5.67. The molecule has 0 fully saturated rings. The molecule has 2 unspecified atom stereocenters. The molecule has 0 aliphatic carbocycles. The highest BCUT2D eigenvalue weighted by atomic mass is 127. The van der Waals surface area contributed by atoms with Gasteiger partial charge in [0.2, 0.25) is 0 Å². The largest absolute Gasteiger partial charge is 0.374 e. The molecule has 2 nitrogen and oxygen atoms in total. The monoisotopic (exact) mass is 354 g/mol. The van der Waals surface area contributed by atoms with Crippen LogP contribution >= 0.6 is 35.2 Å². The predicted molar refractivity (Wildman–Crippen MR) is 86.3 cm³/mol. The number of thiol groups is 1. The van der Waals surface area contributed by atoms with Gasteiger partial charge in [-0.3, -0.25) is 4.99 Å². The highest BCUT2D eigenvalue weighted by Gasteiger charge is 2.13. The van der Waals surface area contributed by atoms with Crippen molar-refractivity contribution in [3.8, 4) is 0 Å². The van der Waals surface area contributed by atoms with Gasteiger partial charge in [-0.05, 0) is 20.3 Å². The Kier molecular flexibility index (Phi) is 8.54. The van der Waals surface area contributed by atoms with E-state index >= 15 is 0 Å². The first kappa shape index (κ1) is 16.3. The number of nitrogens with zero attached hydrogens (tertiary/aromatic N) is 2. The Hall–Kier alpha value is 0.290. The van der Waals surface area contributed by atoms with Gasteiger partial charge in [0, 0.05) is 29.3 Å². The van der Waals surface area contributed by atoms with Crippen LogP contribution in [0.1, 0.15) is 27.2 Å². The molecule has 0 saturated heterocycles. The van der Waals surface area contributed by atoms with Gasteiger partial charge in [-0.2, -0.15) is 12.6 Å². The molecule has 0 N–H and O–H groups in total. The minimum atomic E-state index is 0.145. The SMILES string of the molecule is C=C(/C(=N\CC)C(C)S)N(C)CCC(C)I. The third-order valence-electron chi connectivity index (χ3n) is 2.34. The van der Waals surface area contributed by atoms with Crippen molar-refractivity contribution in [1.29, 1.82) is 0 Å². The second kappa shape index (κ2) is 8.39. The van der Waals surface area contributed by atoms with E-state index in [0.717, 1.165) is 30.9 Å². The lowest BCUT2D eigenvalue weighted by atomic mass is 10.2. The Balaban J connectivity index is 4.44. The van der Waals surface area contributed by atoms with Crippen LogP contribution < -0.4 is 0 Å². The van der Waals surface area contributed by atoms with Crippen molar-refractivity contribution in [3.05, 3.63) is 12.3 Å². The molecular formula is C12H23IN2S. The molecule has 0 aromatic heterocycles. The maximum absolute atomic E-state index is 4.47. The van der Waals surface area contributed by atoms with Crippen LogP contribution in [0.3, 0.4) is 0 Å². The highest BCUT2D eigenvalue weighted by Crippen LogP contribution is 2.12. The summed E-state index contributed by atoms with van der Waals surface area (Å²) in [5.41, 5.74) is 2.01. The molecule has 0 bridgehead atoms. The average molecular weight is 354 g/mol. The van der Waals surface area contributed by atoms with Crippen molar-refractivity contribution in [3.63, 3.8) is 0 Å². The number of rotatable bonds is 7. The zero-order chi connectivity index (χ0) is 12.7. The molecular weight excluding hydrogens is 331 g/mol. The van der Waals surface area contributed by atoms with Crippen molar-refractivity contribution < 1.29 is 0 Å². The second-order valence-electron chi connectivity index (χ2n) is 3.97. The molecule has 0 aliphatic rings. The summed E-state index contributed by atoms with van der Waals surface area (Å²) in [4.78, 5) is 6.65. The zero-order valence-corrected chi connectivity index (χ0v) is 13.8. The van der Waals surface area contributed by atoms with E-state index in [1.54, 1.807) is 0 Å². The summed E-state index contributed by atoms with van der Waals surface area (Å²) < 4.78 is 0.688. The molecule has 0 amide bonds. The molecule has 94 valence electrons. The molecule has 0 aliphatic heterocycles. The Labute approximate surface area is 119 Å². The maximum Gasteiger partial charge on any atom is 0.0699 e. The van der Waals surface area contributed by atoms with Crippen LogP contribution in [0, 0.1) is 0 Å². The number of aliphatic imine (C=N–C) groups is 1. The molecule has 16 heavy (non-hydrogen) atoms. The molecule has 2 atom stereocenters. The van der Waals surface area contributed by atoms with Crippen LogP contribution in [0.15, 0.2) is 17.3 Å². The fourth-order valence-corrected chi connectivity index (χ4v) is 1.85. The van der Waals surface area contributed by atoms with Gasteiger partial charge in [0.05, 0.1) is 11.4 Å². The Bertz CT molecular complexity index is 249. The van der Waals surface area contributed by atoms with E-state index in [2.05, 4.69) is 65.7 Å². The van der Waals surface area contributed by atoms with Crippen LogP contribution in [0.2, 0.25) is 0 Å². The van der Waals surface area contributed by atoms with Gasteiger partial charge < -0.3 is 4.90 Å². The van der Waals surface area contributed by atoms with Crippen molar-refractivity contribution >= 4 is 40.9 Å². The fourth-order valence-electron chi connectivity index (χ4n) is 1.34. The number of hydrogen-bond acceptors (Lipinski definition) is 3. The van der Waals surface area contributed by atoms with Crippen LogP contribution in [0.25, 0.3) is 0 Å². The van der Waals surface area contributed by atoms with E-state index in [0.29, 0.717) is 3.92 Å². The first-order valence-corrected chi connectivity index (χ1v) is 7.43. The molecule has 0 radical (unpaired) electrons. The standard InChI is InChI=1S/C12H23IN2S/c1-6-14-12(11(4)16)10(3)15(5)8-7-9(2)13/h9,11,16H,3,6-8H2,1-2,4-5H3/b14-12+. The molecule has 0 aromatic carbocycles. The molecule has 0 rings (SSSR count). The van der Waals surface area contributed by atoms with E-state index in [1.807, 2.05) is 13.8 Å². The Morgan fingerprint density at radius 1 is 1.50 bits per heavy atom. The van der Waals surface area contributed by atoms with E-state index in [-0.39, 0.29) is 5.25 Å². The Morgan fingerprint density at radius 3 is 2.44 bits per heavy atom. The maximum atomic E-state index is 4.47. The number of halogens is 1. The molecule has 0 saturated carbocycles. The molecule has 0 heterocycles. The van der Waals surface area contributed by atoms with Gasteiger partial charge in [-0.15, -0.1) is 0 Å². The van der Waals surface area contributed by atoms with Crippen molar-refractivity contribution in [2.24, 2.45) is 4.99 Å². The highest BCUT2D eigenvalue weighted by molar-refractivity contribution is 14.1. The van der Waals surface area contributed by atoms with Gasteiger partial charge >= 0.3 is 0 Å². The lowest BCUT2D eigenvalue weighted by Gasteiger charge is -2.25. The fraction of sp³-hybridized carbons (Fsp3) is 0.750. The zero-order valence-electron chi connectivity index (χ0n) is 10.7. The third kappa shape index (κ3) is 6.13. The summed E-state index contributed by atoms with van der Waals surface area (Å²) in [5, 5.41) is 0.145. The summed E-state index contributed by atoms with van der Waals surface area (Å²) >= 11 is 6.89.